The molecule has 0 bridgehead atoms. The van der Waals surface area contributed by atoms with Crippen molar-refractivity contribution in [1.29, 1.82) is 0 Å². The number of carboxylic acid groups (broad SMARTS) is 1. The topological polar surface area (TPSA) is 76.5 Å². The second-order valence-electron chi connectivity index (χ2n) is 4.59. The summed E-state index contributed by atoms with van der Waals surface area (Å²) in [5, 5.41) is 9.72. The first kappa shape index (κ1) is 13.8. The van der Waals surface area contributed by atoms with Gasteiger partial charge in [-0.05, 0) is 24.3 Å². The molecule has 0 saturated heterocycles. The van der Waals surface area contributed by atoms with Crippen molar-refractivity contribution in [3.63, 3.8) is 0 Å². The Hall–Kier alpha value is -3.21. The molecular formula is C17H11NO4. The zero-order valence-electron chi connectivity index (χ0n) is 11.4. The summed E-state index contributed by atoms with van der Waals surface area (Å²) < 4.78 is 5.35. The largest absolute Gasteiger partial charge is 0.477 e. The molecule has 5 heteroatoms. The highest BCUT2D eigenvalue weighted by Gasteiger charge is 2.13. The fourth-order valence-corrected chi connectivity index (χ4v) is 2.05. The number of esters is 1. The lowest BCUT2D eigenvalue weighted by Gasteiger charge is -2.07. The van der Waals surface area contributed by atoms with Crippen molar-refractivity contribution in [1.82, 2.24) is 4.98 Å². The van der Waals surface area contributed by atoms with Crippen LogP contribution in [0, 0.1) is 0 Å². The second kappa shape index (κ2) is 5.65. The maximum absolute atomic E-state index is 12.1. The Balaban J connectivity index is 2.01. The number of aromatic nitrogens is 1. The van der Waals surface area contributed by atoms with Crippen LogP contribution in [0.2, 0.25) is 0 Å². The van der Waals surface area contributed by atoms with Gasteiger partial charge in [0.05, 0.1) is 5.56 Å². The predicted octanol–water partition coefficient (Wildman–Crippen LogP) is 3.15. The van der Waals surface area contributed by atoms with Crippen molar-refractivity contribution in [3.05, 3.63) is 71.9 Å². The van der Waals surface area contributed by atoms with Gasteiger partial charge in [-0.2, -0.15) is 0 Å². The van der Waals surface area contributed by atoms with E-state index in [0.29, 0.717) is 16.5 Å². The van der Waals surface area contributed by atoms with Gasteiger partial charge in [0, 0.05) is 5.39 Å². The van der Waals surface area contributed by atoms with Gasteiger partial charge in [-0.15, -0.1) is 0 Å². The number of carbonyl (C=O) groups excluding carboxylic acids is 1. The quantitative estimate of drug-likeness (QED) is 0.593. The summed E-state index contributed by atoms with van der Waals surface area (Å²) in [5.41, 5.74) is 0.649. The highest BCUT2D eigenvalue weighted by atomic mass is 16.5. The van der Waals surface area contributed by atoms with Gasteiger partial charge in [0.25, 0.3) is 0 Å². The number of hydrogen-bond acceptors (Lipinski definition) is 4. The fraction of sp³-hybridized carbons (Fsp3) is 0. The highest BCUT2D eigenvalue weighted by Crippen LogP contribution is 2.25. The molecule has 3 rings (SSSR count). The number of pyridine rings is 1. The van der Waals surface area contributed by atoms with Crippen LogP contribution >= 0.6 is 0 Å². The zero-order valence-corrected chi connectivity index (χ0v) is 11.4. The van der Waals surface area contributed by atoms with E-state index in [1.165, 1.54) is 6.07 Å². The van der Waals surface area contributed by atoms with Gasteiger partial charge >= 0.3 is 11.9 Å². The van der Waals surface area contributed by atoms with Crippen LogP contribution in [-0.2, 0) is 0 Å². The van der Waals surface area contributed by atoms with Gasteiger partial charge < -0.3 is 9.84 Å². The van der Waals surface area contributed by atoms with Crippen LogP contribution in [0.15, 0.2) is 60.7 Å². The van der Waals surface area contributed by atoms with Crippen LogP contribution in [0.5, 0.6) is 5.75 Å². The van der Waals surface area contributed by atoms with Crippen molar-refractivity contribution >= 4 is 22.8 Å². The first-order chi connectivity index (χ1) is 10.6. The maximum atomic E-state index is 12.1. The molecule has 0 atom stereocenters. The number of ether oxygens (including phenoxy) is 1. The molecule has 0 spiro atoms. The Labute approximate surface area is 125 Å². The van der Waals surface area contributed by atoms with E-state index in [1.54, 1.807) is 54.6 Å². The average Bonchev–Trinajstić information content (AvgIpc) is 2.55. The summed E-state index contributed by atoms with van der Waals surface area (Å²) in [4.78, 5) is 27.2. The van der Waals surface area contributed by atoms with E-state index in [0.717, 1.165) is 0 Å². The summed E-state index contributed by atoms with van der Waals surface area (Å²) in [6, 6.07) is 16.7. The molecule has 3 aromatic rings. The molecule has 0 fully saturated rings. The lowest BCUT2D eigenvalue weighted by Crippen LogP contribution is -2.09. The number of carbonyl (C=O) groups is 2. The monoisotopic (exact) mass is 293 g/mol. The number of rotatable bonds is 3. The molecule has 0 unspecified atom stereocenters. The number of para-hydroxylation sites is 1. The molecule has 2 aromatic carbocycles. The molecule has 22 heavy (non-hydrogen) atoms. The Morgan fingerprint density at radius 1 is 0.909 bits per heavy atom. The highest BCUT2D eigenvalue weighted by molar-refractivity contribution is 5.95. The number of benzene rings is 2. The first-order valence-electron chi connectivity index (χ1n) is 6.55. The van der Waals surface area contributed by atoms with Crippen LogP contribution in [0.4, 0.5) is 0 Å². The molecule has 1 N–H and O–H groups in total. The Morgan fingerprint density at radius 3 is 2.41 bits per heavy atom. The standard InChI is InChI=1S/C17H11NO4/c19-16(20)13-10-9-11-7-4-8-14(15(11)18-13)22-17(21)12-5-2-1-3-6-12/h1-10H,(H,19,20). The Morgan fingerprint density at radius 2 is 1.68 bits per heavy atom. The molecule has 1 aromatic heterocycles. The van der Waals surface area contributed by atoms with Gasteiger partial charge in [0.1, 0.15) is 11.2 Å². The van der Waals surface area contributed by atoms with Gasteiger partial charge in [0.2, 0.25) is 0 Å². The van der Waals surface area contributed by atoms with Crippen LogP contribution in [-0.4, -0.2) is 22.0 Å². The van der Waals surface area contributed by atoms with Crippen molar-refractivity contribution in [2.24, 2.45) is 0 Å². The van der Waals surface area contributed by atoms with Gasteiger partial charge in [-0.3, -0.25) is 0 Å². The maximum Gasteiger partial charge on any atom is 0.354 e. The minimum Gasteiger partial charge on any atom is -0.477 e. The number of fused-ring (bicyclic) bond motifs is 1. The molecule has 0 aliphatic heterocycles. The molecule has 108 valence electrons. The van der Waals surface area contributed by atoms with E-state index in [-0.39, 0.29) is 11.4 Å². The van der Waals surface area contributed by atoms with Crippen LogP contribution in [0.25, 0.3) is 10.9 Å². The third-order valence-electron chi connectivity index (χ3n) is 3.11. The molecule has 5 nitrogen and oxygen atoms in total. The summed E-state index contributed by atoms with van der Waals surface area (Å²) >= 11 is 0. The summed E-state index contributed by atoms with van der Waals surface area (Å²) in [7, 11) is 0. The van der Waals surface area contributed by atoms with E-state index in [9.17, 15) is 9.59 Å². The van der Waals surface area contributed by atoms with E-state index < -0.39 is 11.9 Å². The lowest BCUT2D eigenvalue weighted by atomic mass is 10.2. The van der Waals surface area contributed by atoms with Crippen LogP contribution in [0.1, 0.15) is 20.8 Å². The normalized spacial score (nSPS) is 10.4. The number of nitrogens with zero attached hydrogens (tertiary/aromatic N) is 1. The second-order valence-corrected chi connectivity index (χ2v) is 4.59. The Kier molecular flexibility index (Phi) is 3.53. The molecule has 0 aliphatic rings. The molecular weight excluding hydrogens is 282 g/mol. The SMILES string of the molecule is O=C(Oc1cccc2ccc(C(=O)O)nc12)c1ccccc1. The molecule has 0 saturated carbocycles. The van der Waals surface area contributed by atoms with Crippen molar-refractivity contribution in [3.8, 4) is 5.75 Å². The smallest absolute Gasteiger partial charge is 0.354 e. The van der Waals surface area contributed by atoms with Gasteiger partial charge in [0.15, 0.2) is 5.75 Å². The predicted molar refractivity (Wildman–Crippen MR) is 80.1 cm³/mol. The minimum atomic E-state index is -1.13. The summed E-state index contributed by atoms with van der Waals surface area (Å²) in [6.07, 6.45) is 0. The number of aromatic carboxylic acids is 1. The Bertz CT molecular complexity index is 859. The molecule has 0 aliphatic carbocycles. The van der Waals surface area contributed by atoms with Crippen molar-refractivity contribution in [2.45, 2.75) is 0 Å². The molecule has 0 amide bonds. The molecule has 0 radical (unpaired) electrons. The average molecular weight is 293 g/mol. The number of hydrogen-bond donors (Lipinski definition) is 1. The van der Waals surface area contributed by atoms with Gasteiger partial charge in [-0.1, -0.05) is 36.4 Å². The minimum absolute atomic E-state index is 0.101. The summed E-state index contributed by atoms with van der Waals surface area (Å²) in [6.45, 7) is 0. The summed E-state index contributed by atoms with van der Waals surface area (Å²) in [5.74, 6) is -1.42. The van der Waals surface area contributed by atoms with Crippen LogP contribution in [0.3, 0.4) is 0 Å². The number of carboxylic acids is 1. The van der Waals surface area contributed by atoms with Crippen LogP contribution < -0.4 is 4.74 Å². The fourth-order valence-electron chi connectivity index (χ4n) is 2.05. The van der Waals surface area contributed by atoms with E-state index in [2.05, 4.69) is 4.98 Å². The van der Waals surface area contributed by atoms with Crippen molar-refractivity contribution in [2.75, 3.05) is 0 Å². The molecule has 1 heterocycles. The van der Waals surface area contributed by atoms with E-state index in [1.807, 2.05) is 0 Å². The lowest BCUT2D eigenvalue weighted by molar-refractivity contribution is 0.0690. The first-order valence-corrected chi connectivity index (χ1v) is 6.55. The van der Waals surface area contributed by atoms with Crippen molar-refractivity contribution < 1.29 is 19.4 Å². The van der Waals surface area contributed by atoms with Gasteiger partial charge in [-0.25, -0.2) is 14.6 Å². The van der Waals surface area contributed by atoms with E-state index >= 15 is 0 Å². The zero-order chi connectivity index (χ0) is 15.5. The third-order valence-corrected chi connectivity index (χ3v) is 3.11. The third kappa shape index (κ3) is 2.64. The van der Waals surface area contributed by atoms with E-state index in [4.69, 9.17) is 9.84 Å².